The van der Waals surface area contributed by atoms with E-state index in [0.29, 0.717) is 29.1 Å². The molecule has 27 heavy (non-hydrogen) atoms. The Morgan fingerprint density at radius 3 is 2.37 bits per heavy atom. The van der Waals surface area contributed by atoms with E-state index in [9.17, 15) is 9.59 Å². The lowest BCUT2D eigenvalue weighted by Crippen LogP contribution is -2.54. The summed E-state index contributed by atoms with van der Waals surface area (Å²) < 4.78 is 5.57. The standard InChI is InChI=1S/C23H35ClO3/c1-14(25)27-17-8-10-22(2)15(12-17)4-6-18-19-7-5-16(13-21(24)26)23(19,3)11-9-20(18)22/h15-20H,4-13H2,1-3H3/t15-,16?,17?,18-,19-,20-,22-,23+/m0/s1. The molecule has 4 fully saturated rings. The first kappa shape index (κ1) is 19.7. The molecular formula is C23H35ClO3. The van der Waals surface area contributed by atoms with Crippen LogP contribution in [0.3, 0.4) is 0 Å². The van der Waals surface area contributed by atoms with E-state index in [2.05, 4.69) is 13.8 Å². The van der Waals surface area contributed by atoms with Gasteiger partial charge in [0.05, 0.1) is 0 Å². The van der Waals surface area contributed by atoms with Crippen LogP contribution in [0, 0.1) is 40.4 Å². The highest BCUT2D eigenvalue weighted by Crippen LogP contribution is 2.67. The molecule has 4 saturated carbocycles. The zero-order valence-corrected chi connectivity index (χ0v) is 17.9. The van der Waals surface area contributed by atoms with Crippen molar-refractivity contribution in [3.63, 3.8) is 0 Å². The molecule has 0 aromatic carbocycles. The van der Waals surface area contributed by atoms with Gasteiger partial charge in [0.1, 0.15) is 6.10 Å². The van der Waals surface area contributed by atoms with Crippen LogP contribution < -0.4 is 0 Å². The monoisotopic (exact) mass is 394 g/mol. The van der Waals surface area contributed by atoms with Crippen molar-refractivity contribution in [2.75, 3.05) is 0 Å². The number of fused-ring (bicyclic) bond motifs is 5. The van der Waals surface area contributed by atoms with Gasteiger partial charge in [0, 0.05) is 13.3 Å². The third-order valence-electron chi connectivity index (χ3n) is 9.55. The van der Waals surface area contributed by atoms with Crippen LogP contribution in [0.4, 0.5) is 0 Å². The van der Waals surface area contributed by atoms with Crippen molar-refractivity contribution in [1.82, 2.24) is 0 Å². The molecule has 0 bridgehead atoms. The fourth-order valence-corrected chi connectivity index (χ4v) is 8.38. The van der Waals surface area contributed by atoms with Gasteiger partial charge in [-0.1, -0.05) is 13.8 Å². The molecule has 0 aromatic rings. The maximum Gasteiger partial charge on any atom is 0.302 e. The van der Waals surface area contributed by atoms with Gasteiger partial charge >= 0.3 is 5.97 Å². The van der Waals surface area contributed by atoms with Gasteiger partial charge in [-0.2, -0.15) is 0 Å². The van der Waals surface area contributed by atoms with Crippen LogP contribution in [0.5, 0.6) is 0 Å². The van der Waals surface area contributed by atoms with E-state index in [-0.39, 0.29) is 17.3 Å². The summed E-state index contributed by atoms with van der Waals surface area (Å²) in [6, 6.07) is 0. The summed E-state index contributed by atoms with van der Waals surface area (Å²) in [5, 5.41) is -0.150. The predicted octanol–water partition coefficient (Wildman–Crippen LogP) is 5.73. The summed E-state index contributed by atoms with van der Waals surface area (Å²) in [6.07, 6.45) is 11.6. The lowest BCUT2D eigenvalue weighted by atomic mass is 9.44. The average molecular weight is 395 g/mol. The number of carbonyl (C=O) groups excluding carboxylic acids is 2. The van der Waals surface area contributed by atoms with Gasteiger partial charge in [-0.3, -0.25) is 9.59 Å². The minimum Gasteiger partial charge on any atom is -0.463 e. The van der Waals surface area contributed by atoms with Gasteiger partial charge in [-0.25, -0.2) is 0 Å². The van der Waals surface area contributed by atoms with E-state index in [1.807, 2.05) is 0 Å². The molecule has 0 aromatic heterocycles. The van der Waals surface area contributed by atoms with Crippen LogP contribution in [-0.4, -0.2) is 17.3 Å². The smallest absolute Gasteiger partial charge is 0.302 e. The Bertz CT molecular complexity index is 619. The Morgan fingerprint density at radius 2 is 1.67 bits per heavy atom. The first-order valence-corrected chi connectivity index (χ1v) is 11.5. The van der Waals surface area contributed by atoms with E-state index in [1.54, 1.807) is 0 Å². The number of halogens is 1. The maximum atomic E-state index is 11.6. The normalized spacial score (nSPS) is 48.9. The highest BCUT2D eigenvalue weighted by Gasteiger charge is 2.60. The number of esters is 1. The Morgan fingerprint density at radius 1 is 0.963 bits per heavy atom. The molecule has 4 aliphatic rings. The lowest BCUT2D eigenvalue weighted by Gasteiger charge is -2.61. The van der Waals surface area contributed by atoms with Crippen LogP contribution in [-0.2, 0) is 14.3 Å². The summed E-state index contributed by atoms with van der Waals surface area (Å²) in [6.45, 7) is 6.53. The molecule has 4 rings (SSSR count). The molecule has 0 aliphatic heterocycles. The topological polar surface area (TPSA) is 43.4 Å². The van der Waals surface area contributed by atoms with E-state index in [1.165, 1.54) is 51.9 Å². The summed E-state index contributed by atoms with van der Waals surface area (Å²) in [5.74, 6) is 3.43. The minimum absolute atomic E-state index is 0.128. The average Bonchev–Trinajstić information content (AvgIpc) is 2.91. The zero-order valence-electron chi connectivity index (χ0n) is 17.1. The molecule has 0 amide bonds. The molecule has 0 radical (unpaired) electrons. The molecule has 3 nitrogen and oxygen atoms in total. The molecule has 8 atom stereocenters. The largest absolute Gasteiger partial charge is 0.463 e. The number of rotatable bonds is 3. The van der Waals surface area contributed by atoms with Crippen molar-refractivity contribution >= 4 is 22.8 Å². The number of carbonyl (C=O) groups is 2. The predicted molar refractivity (Wildman–Crippen MR) is 106 cm³/mol. The minimum atomic E-state index is -0.150. The van der Waals surface area contributed by atoms with Gasteiger partial charge in [-0.15, -0.1) is 0 Å². The quantitative estimate of drug-likeness (QED) is 0.453. The second-order valence-electron chi connectivity index (χ2n) is 10.5. The van der Waals surface area contributed by atoms with E-state index in [4.69, 9.17) is 16.3 Å². The Kier molecular flexibility index (Phi) is 5.15. The van der Waals surface area contributed by atoms with Crippen LogP contribution in [0.25, 0.3) is 0 Å². The molecule has 0 N–H and O–H groups in total. The van der Waals surface area contributed by atoms with Gasteiger partial charge in [-0.05, 0) is 110 Å². The Hall–Kier alpha value is -0.570. The van der Waals surface area contributed by atoms with Crippen LogP contribution in [0.1, 0.15) is 85.0 Å². The van der Waals surface area contributed by atoms with Crippen molar-refractivity contribution in [2.24, 2.45) is 40.4 Å². The summed E-state index contributed by atoms with van der Waals surface area (Å²) in [4.78, 5) is 23.0. The molecule has 2 unspecified atom stereocenters. The number of hydrogen-bond acceptors (Lipinski definition) is 3. The molecule has 0 spiro atoms. The third kappa shape index (κ3) is 3.26. The van der Waals surface area contributed by atoms with Gasteiger partial charge in [0.2, 0.25) is 5.24 Å². The molecule has 4 heteroatoms. The Labute approximate surface area is 168 Å². The molecule has 0 saturated heterocycles. The maximum absolute atomic E-state index is 11.6. The Balaban J connectivity index is 1.51. The highest BCUT2D eigenvalue weighted by molar-refractivity contribution is 6.63. The lowest BCUT2D eigenvalue weighted by molar-refractivity contribution is -0.160. The highest BCUT2D eigenvalue weighted by atomic mass is 35.5. The summed E-state index contributed by atoms with van der Waals surface area (Å²) in [5.41, 5.74) is 0.713. The molecule has 152 valence electrons. The van der Waals surface area contributed by atoms with Crippen LogP contribution >= 0.6 is 11.6 Å². The second-order valence-corrected chi connectivity index (χ2v) is 11.0. The number of ether oxygens (including phenoxy) is 1. The van der Waals surface area contributed by atoms with Gasteiger partial charge < -0.3 is 4.74 Å². The van der Waals surface area contributed by atoms with Crippen molar-refractivity contribution in [1.29, 1.82) is 0 Å². The summed E-state index contributed by atoms with van der Waals surface area (Å²) >= 11 is 5.78. The van der Waals surface area contributed by atoms with Crippen LogP contribution in [0.2, 0.25) is 0 Å². The first-order valence-electron chi connectivity index (χ1n) is 11.1. The first-order chi connectivity index (χ1) is 12.7. The van der Waals surface area contributed by atoms with E-state index < -0.39 is 0 Å². The fraction of sp³-hybridized carbons (Fsp3) is 0.913. The third-order valence-corrected chi connectivity index (χ3v) is 9.71. The SMILES string of the molecule is CC(=O)OC1CC[C@@]2(C)[C@@H](CC[C@@H]3[C@@H]2CC[C@]2(C)C(CC(=O)Cl)CC[C@@H]32)C1. The zero-order chi connectivity index (χ0) is 19.4. The second kappa shape index (κ2) is 7.04. The summed E-state index contributed by atoms with van der Waals surface area (Å²) in [7, 11) is 0. The molecule has 4 aliphatic carbocycles. The number of hydrogen-bond donors (Lipinski definition) is 0. The van der Waals surface area contributed by atoms with E-state index in [0.717, 1.165) is 30.6 Å². The van der Waals surface area contributed by atoms with Gasteiger partial charge in [0.25, 0.3) is 0 Å². The van der Waals surface area contributed by atoms with Crippen molar-refractivity contribution < 1.29 is 14.3 Å². The van der Waals surface area contributed by atoms with E-state index >= 15 is 0 Å². The van der Waals surface area contributed by atoms with Crippen molar-refractivity contribution in [2.45, 2.75) is 91.1 Å². The van der Waals surface area contributed by atoms with Gasteiger partial charge in [0.15, 0.2) is 0 Å². The fourth-order valence-electron chi connectivity index (χ4n) is 8.20. The van der Waals surface area contributed by atoms with Crippen molar-refractivity contribution in [3.05, 3.63) is 0 Å². The van der Waals surface area contributed by atoms with Crippen molar-refractivity contribution in [3.8, 4) is 0 Å². The molecular weight excluding hydrogens is 360 g/mol. The van der Waals surface area contributed by atoms with Crippen LogP contribution in [0.15, 0.2) is 0 Å². The molecule has 0 heterocycles.